The van der Waals surface area contributed by atoms with Gasteiger partial charge in [0.15, 0.2) is 6.10 Å². The first-order chi connectivity index (χ1) is 8.09. The van der Waals surface area contributed by atoms with Crippen LogP contribution in [0.1, 0.15) is 29.3 Å². The third-order valence-electron chi connectivity index (χ3n) is 2.85. The van der Waals surface area contributed by atoms with Crippen LogP contribution in [-0.2, 0) is 16.0 Å². The second-order valence-corrected chi connectivity index (χ2v) is 4.23. The molecule has 1 aliphatic carbocycles. The number of aryl methyl sites for hydroxylation is 1. The lowest BCUT2D eigenvalue weighted by molar-refractivity contribution is -0.142. The summed E-state index contributed by atoms with van der Waals surface area (Å²) in [5.74, 6) is -0.607. The molecule has 0 bridgehead atoms. The van der Waals surface area contributed by atoms with Crippen LogP contribution < -0.4 is 0 Å². The van der Waals surface area contributed by atoms with Crippen molar-refractivity contribution in [2.45, 2.75) is 25.9 Å². The number of rotatable bonds is 2. The Balaban J connectivity index is 2.18. The van der Waals surface area contributed by atoms with Gasteiger partial charge in [-0.1, -0.05) is 30.8 Å². The molecule has 88 valence electrons. The van der Waals surface area contributed by atoms with Gasteiger partial charge in [-0.2, -0.15) is 0 Å². The van der Waals surface area contributed by atoms with Crippen LogP contribution in [0.3, 0.4) is 0 Å². The van der Waals surface area contributed by atoms with Gasteiger partial charge in [0.25, 0.3) is 0 Å². The molecule has 1 atom stereocenters. The summed E-state index contributed by atoms with van der Waals surface area (Å²) in [5, 5.41) is 0. The van der Waals surface area contributed by atoms with E-state index in [1.165, 1.54) is 0 Å². The Morgan fingerprint density at radius 1 is 1.41 bits per heavy atom. The van der Waals surface area contributed by atoms with Gasteiger partial charge in [-0.05, 0) is 25.3 Å². The van der Waals surface area contributed by atoms with Crippen molar-refractivity contribution in [1.29, 1.82) is 0 Å². The predicted molar refractivity (Wildman–Crippen MR) is 63.8 cm³/mol. The number of carbonyl (C=O) groups excluding carboxylic acids is 2. The zero-order valence-electron chi connectivity index (χ0n) is 9.73. The van der Waals surface area contributed by atoms with Crippen LogP contribution in [0, 0.1) is 0 Å². The standard InChI is InChI=1S/C14H14O3/c1-9(2)14(16)17-12-8-7-10-5-3-4-6-11(10)13(12)15/h3-6,12H,1,7-8H2,2H3. The highest BCUT2D eigenvalue weighted by Crippen LogP contribution is 2.23. The molecular formula is C14H14O3. The van der Waals surface area contributed by atoms with E-state index in [1.54, 1.807) is 13.0 Å². The molecule has 0 heterocycles. The fraction of sp³-hybridized carbons (Fsp3) is 0.286. The SMILES string of the molecule is C=C(C)C(=O)OC1CCc2ccccc2C1=O. The van der Waals surface area contributed by atoms with Gasteiger partial charge in [-0.15, -0.1) is 0 Å². The largest absolute Gasteiger partial charge is 0.451 e. The van der Waals surface area contributed by atoms with Gasteiger partial charge in [-0.25, -0.2) is 4.79 Å². The average molecular weight is 230 g/mol. The van der Waals surface area contributed by atoms with Gasteiger partial charge in [0.05, 0.1) is 0 Å². The second-order valence-electron chi connectivity index (χ2n) is 4.23. The molecule has 0 amide bonds. The Morgan fingerprint density at radius 2 is 2.12 bits per heavy atom. The van der Waals surface area contributed by atoms with Crippen LogP contribution in [0.4, 0.5) is 0 Å². The summed E-state index contributed by atoms with van der Waals surface area (Å²) in [4.78, 5) is 23.5. The summed E-state index contributed by atoms with van der Waals surface area (Å²) >= 11 is 0. The topological polar surface area (TPSA) is 43.4 Å². The van der Waals surface area contributed by atoms with Gasteiger partial charge in [0.2, 0.25) is 5.78 Å². The Bertz CT molecular complexity index is 488. The molecule has 0 saturated carbocycles. The minimum absolute atomic E-state index is 0.110. The van der Waals surface area contributed by atoms with Crippen molar-refractivity contribution in [2.75, 3.05) is 0 Å². The molecule has 3 heteroatoms. The molecule has 0 fully saturated rings. The number of hydrogen-bond acceptors (Lipinski definition) is 3. The van der Waals surface area contributed by atoms with Gasteiger partial charge in [0.1, 0.15) is 0 Å². The van der Waals surface area contributed by atoms with Crippen LogP contribution in [0.15, 0.2) is 36.4 Å². The fourth-order valence-corrected chi connectivity index (χ4v) is 1.91. The van der Waals surface area contributed by atoms with Crippen LogP contribution in [0.2, 0.25) is 0 Å². The van der Waals surface area contributed by atoms with Crippen LogP contribution in [0.5, 0.6) is 0 Å². The molecule has 0 radical (unpaired) electrons. The highest BCUT2D eigenvalue weighted by molar-refractivity contribution is 6.03. The van der Waals surface area contributed by atoms with Crippen molar-refractivity contribution < 1.29 is 14.3 Å². The first kappa shape index (κ1) is 11.6. The minimum Gasteiger partial charge on any atom is -0.451 e. The van der Waals surface area contributed by atoms with Gasteiger partial charge < -0.3 is 4.74 Å². The van der Waals surface area contributed by atoms with E-state index in [4.69, 9.17) is 4.74 Å². The third kappa shape index (κ3) is 2.28. The molecule has 3 nitrogen and oxygen atoms in total. The first-order valence-electron chi connectivity index (χ1n) is 5.58. The summed E-state index contributed by atoms with van der Waals surface area (Å²) in [6, 6.07) is 7.44. The number of carbonyl (C=O) groups is 2. The van der Waals surface area contributed by atoms with E-state index in [1.807, 2.05) is 18.2 Å². The van der Waals surface area contributed by atoms with E-state index in [0.717, 1.165) is 12.0 Å². The van der Waals surface area contributed by atoms with Crippen LogP contribution in [-0.4, -0.2) is 17.9 Å². The molecular weight excluding hydrogens is 216 g/mol. The summed E-state index contributed by atoms with van der Waals surface area (Å²) in [6.45, 7) is 5.08. The van der Waals surface area contributed by atoms with Gasteiger partial charge >= 0.3 is 5.97 Å². The van der Waals surface area contributed by atoms with E-state index in [-0.39, 0.29) is 5.78 Å². The maximum Gasteiger partial charge on any atom is 0.333 e. The summed E-state index contributed by atoms with van der Waals surface area (Å²) in [6.07, 6.45) is 0.652. The number of fused-ring (bicyclic) bond motifs is 1. The monoisotopic (exact) mass is 230 g/mol. The number of Topliss-reactive ketones (excluding diaryl/α,β-unsaturated/α-hetero) is 1. The zero-order chi connectivity index (χ0) is 12.4. The molecule has 2 rings (SSSR count). The maximum absolute atomic E-state index is 12.1. The smallest absolute Gasteiger partial charge is 0.333 e. The lowest BCUT2D eigenvalue weighted by atomic mass is 9.89. The Hall–Kier alpha value is -1.90. The van der Waals surface area contributed by atoms with Crippen molar-refractivity contribution in [2.24, 2.45) is 0 Å². The van der Waals surface area contributed by atoms with Crippen molar-refractivity contribution in [3.8, 4) is 0 Å². The minimum atomic E-state index is -0.658. The molecule has 0 aliphatic heterocycles. The van der Waals surface area contributed by atoms with Gasteiger partial charge in [0, 0.05) is 11.1 Å². The number of esters is 1. The third-order valence-corrected chi connectivity index (χ3v) is 2.85. The maximum atomic E-state index is 12.1. The van der Waals surface area contributed by atoms with E-state index >= 15 is 0 Å². The summed E-state index contributed by atoms with van der Waals surface area (Å²) in [5.41, 5.74) is 2.01. The zero-order valence-corrected chi connectivity index (χ0v) is 9.73. The molecule has 1 aromatic rings. The molecule has 0 N–H and O–H groups in total. The average Bonchev–Trinajstić information content (AvgIpc) is 2.33. The predicted octanol–water partition coefficient (Wildman–Crippen LogP) is 2.30. The Labute approximate surface area is 100 Å². The van der Waals surface area contributed by atoms with Crippen molar-refractivity contribution in [1.82, 2.24) is 0 Å². The summed E-state index contributed by atoms with van der Waals surface area (Å²) in [7, 11) is 0. The Morgan fingerprint density at radius 3 is 2.82 bits per heavy atom. The molecule has 1 aliphatic rings. The molecule has 17 heavy (non-hydrogen) atoms. The van der Waals surface area contributed by atoms with E-state index in [9.17, 15) is 9.59 Å². The van der Waals surface area contributed by atoms with E-state index < -0.39 is 12.1 Å². The molecule has 0 spiro atoms. The van der Waals surface area contributed by atoms with Crippen LogP contribution >= 0.6 is 0 Å². The Kier molecular flexibility index (Phi) is 3.09. The molecule has 0 aromatic heterocycles. The quantitative estimate of drug-likeness (QED) is 0.578. The van der Waals surface area contributed by atoms with E-state index in [2.05, 4.69) is 6.58 Å². The van der Waals surface area contributed by atoms with E-state index in [0.29, 0.717) is 17.6 Å². The number of ketones is 1. The highest BCUT2D eigenvalue weighted by Gasteiger charge is 2.29. The van der Waals surface area contributed by atoms with Crippen LogP contribution in [0.25, 0.3) is 0 Å². The molecule has 1 unspecified atom stereocenters. The number of ether oxygens (including phenoxy) is 1. The normalized spacial score (nSPS) is 18.4. The number of benzene rings is 1. The lowest BCUT2D eigenvalue weighted by Gasteiger charge is -2.23. The molecule has 1 aromatic carbocycles. The summed E-state index contributed by atoms with van der Waals surface area (Å²) < 4.78 is 5.13. The highest BCUT2D eigenvalue weighted by atomic mass is 16.5. The van der Waals surface area contributed by atoms with Crippen molar-refractivity contribution in [3.05, 3.63) is 47.5 Å². The second kappa shape index (κ2) is 4.53. The fourth-order valence-electron chi connectivity index (χ4n) is 1.91. The lowest BCUT2D eigenvalue weighted by Crippen LogP contribution is -2.32. The van der Waals surface area contributed by atoms with Crippen molar-refractivity contribution in [3.63, 3.8) is 0 Å². The van der Waals surface area contributed by atoms with Crippen molar-refractivity contribution >= 4 is 11.8 Å². The number of hydrogen-bond donors (Lipinski definition) is 0. The molecule has 0 saturated heterocycles. The van der Waals surface area contributed by atoms with Gasteiger partial charge in [-0.3, -0.25) is 4.79 Å². The first-order valence-corrected chi connectivity index (χ1v) is 5.58.